The molecule has 0 aliphatic heterocycles. The summed E-state index contributed by atoms with van der Waals surface area (Å²) in [4.78, 5) is 12.5. The highest BCUT2D eigenvalue weighted by Gasteiger charge is 2.17. The highest BCUT2D eigenvalue weighted by atomic mass is 19.1. The van der Waals surface area contributed by atoms with Gasteiger partial charge in [0.05, 0.1) is 6.04 Å². The van der Waals surface area contributed by atoms with Gasteiger partial charge in [-0.1, -0.05) is 42.5 Å². The smallest absolute Gasteiger partial charge is 0.251 e. The van der Waals surface area contributed by atoms with E-state index in [4.69, 9.17) is 4.74 Å². The molecular formula is C21H17F2NO2. The van der Waals surface area contributed by atoms with Gasteiger partial charge in [-0.15, -0.1) is 0 Å². The molecule has 0 aliphatic rings. The minimum Gasteiger partial charge on any atom is -0.488 e. The molecule has 132 valence electrons. The first-order chi connectivity index (χ1) is 12.6. The zero-order chi connectivity index (χ0) is 18.4. The maximum absolute atomic E-state index is 13.8. The van der Waals surface area contributed by atoms with Crippen molar-refractivity contribution < 1.29 is 18.3 Å². The van der Waals surface area contributed by atoms with E-state index in [-0.39, 0.29) is 18.3 Å². The van der Waals surface area contributed by atoms with Crippen LogP contribution in [0.3, 0.4) is 0 Å². The molecule has 0 saturated heterocycles. The fourth-order valence-corrected chi connectivity index (χ4v) is 2.48. The van der Waals surface area contributed by atoms with Gasteiger partial charge in [0.1, 0.15) is 12.4 Å². The number of hydrogen-bond donors (Lipinski definition) is 1. The van der Waals surface area contributed by atoms with Crippen LogP contribution < -0.4 is 10.1 Å². The fraction of sp³-hybridized carbons (Fsp3) is 0.0952. The molecule has 3 aromatic rings. The largest absolute Gasteiger partial charge is 0.488 e. The Morgan fingerprint density at radius 3 is 2.23 bits per heavy atom. The predicted molar refractivity (Wildman–Crippen MR) is 94.9 cm³/mol. The van der Waals surface area contributed by atoms with E-state index < -0.39 is 17.7 Å². The Morgan fingerprint density at radius 1 is 0.885 bits per heavy atom. The SMILES string of the molecule is O=C(NC(COc1ccccc1F)c1ccccc1)c1ccc(F)cc1. The van der Waals surface area contributed by atoms with E-state index in [1.807, 2.05) is 30.3 Å². The van der Waals surface area contributed by atoms with Gasteiger partial charge in [-0.2, -0.15) is 0 Å². The fourth-order valence-electron chi connectivity index (χ4n) is 2.48. The van der Waals surface area contributed by atoms with Crippen molar-refractivity contribution in [1.29, 1.82) is 0 Å². The molecule has 1 unspecified atom stereocenters. The lowest BCUT2D eigenvalue weighted by atomic mass is 10.1. The number of rotatable bonds is 6. The Labute approximate surface area is 150 Å². The second kappa shape index (κ2) is 8.25. The van der Waals surface area contributed by atoms with E-state index in [1.165, 1.54) is 36.4 Å². The lowest BCUT2D eigenvalue weighted by molar-refractivity contribution is 0.0920. The average Bonchev–Trinajstić information content (AvgIpc) is 2.67. The molecule has 0 aliphatic carbocycles. The molecule has 0 spiro atoms. The van der Waals surface area contributed by atoms with Gasteiger partial charge < -0.3 is 10.1 Å². The number of hydrogen-bond acceptors (Lipinski definition) is 2. The summed E-state index contributed by atoms with van der Waals surface area (Å²) in [5.74, 6) is -1.13. The molecule has 0 heterocycles. The maximum Gasteiger partial charge on any atom is 0.251 e. The third-order valence-corrected chi connectivity index (χ3v) is 3.86. The van der Waals surface area contributed by atoms with Crippen molar-refractivity contribution in [3.8, 4) is 5.75 Å². The summed E-state index contributed by atoms with van der Waals surface area (Å²) in [6.07, 6.45) is 0. The van der Waals surface area contributed by atoms with Crippen molar-refractivity contribution >= 4 is 5.91 Å². The van der Waals surface area contributed by atoms with E-state index in [2.05, 4.69) is 5.32 Å². The number of para-hydroxylation sites is 1. The number of amides is 1. The summed E-state index contributed by atoms with van der Waals surface area (Å²) in [5, 5.41) is 2.85. The molecule has 3 rings (SSSR count). The molecule has 26 heavy (non-hydrogen) atoms. The number of nitrogens with one attached hydrogen (secondary N) is 1. The predicted octanol–water partition coefficient (Wildman–Crippen LogP) is 4.51. The Kier molecular flexibility index (Phi) is 5.59. The zero-order valence-electron chi connectivity index (χ0n) is 13.9. The van der Waals surface area contributed by atoms with Gasteiger partial charge in [0, 0.05) is 5.56 Å². The van der Waals surface area contributed by atoms with Gasteiger partial charge in [-0.3, -0.25) is 4.79 Å². The summed E-state index contributed by atoms with van der Waals surface area (Å²) in [6, 6.07) is 20.1. The number of carbonyl (C=O) groups excluding carboxylic acids is 1. The molecule has 1 amide bonds. The topological polar surface area (TPSA) is 38.3 Å². The second-order valence-electron chi connectivity index (χ2n) is 5.69. The van der Waals surface area contributed by atoms with Crippen LogP contribution in [0.4, 0.5) is 8.78 Å². The third-order valence-electron chi connectivity index (χ3n) is 3.86. The monoisotopic (exact) mass is 353 g/mol. The highest BCUT2D eigenvalue weighted by molar-refractivity contribution is 5.94. The molecular weight excluding hydrogens is 336 g/mol. The van der Waals surface area contributed by atoms with E-state index in [0.717, 1.165) is 5.56 Å². The molecule has 3 aromatic carbocycles. The molecule has 0 aromatic heterocycles. The van der Waals surface area contributed by atoms with Crippen LogP contribution in [-0.4, -0.2) is 12.5 Å². The van der Waals surface area contributed by atoms with Gasteiger partial charge in [-0.05, 0) is 42.0 Å². The first-order valence-electron chi connectivity index (χ1n) is 8.12. The molecule has 1 N–H and O–H groups in total. The summed E-state index contributed by atoms with van der Waals surface area (Å²) >= 11 is 0. The molecule has 0 fully saturated rings. The van der Waals surface area contributed by atoms with Gasteiger partial charge in [0.25, 0.3) is 5.91 Å². The van der Waals surface area contributed by atoms with Gasteiger partial charge >= 0.3 is 0 Å². The van der Waals surface area contributed by atoms with E-state index in [1.54, 1.807) is 12.1 Å². The van der Waals surface area contributed by atoms with Crippen LogP contribution >= 0.6 is 0 Å². The standard InChI is InChI=1S/C21H17F2NO2/c22-17-12-10-16(11-13-17)21(25)24-19(15-6-2-1-3-7-15)14-26-20-9-5-4-8-18(20)23/h1-13,19H,14H2,(H,24,25). The van der Waals surface area contributed by atoms with E-state index >= 15 is 0 Å². The number of benzene rings is 3. The van der Waals surface area contributed by atoms with E-state index in [0.29, 0.717) is 5.56 Å². The molecule has 0 saturated carbocycles. The number of halogens is 2. The average molecular weight is 353 g/mol. The van der Waals surface area contributed by atoms with Crippen molar-refractivity contribution in [1.82, 2.24) is 5.32 Å². The van der Waals surface area contributed by atoms with Crippen LogP contribution in [0.5, 0.6) is 5.75 Å². The minimum atomic E-state index is -0.492. The lowest BCUT2D eigenvalue weighted by Gasteiger charge is -2.20. The lowest BCUT2D eigenvalue weighted by Crippen LogP contribution is -2.32. The van der Waals surface area contributed by atoms with E-state index in [9.17, 15) is 13.6 Å². The molecule has 1 atom stereocenters. The molecule has 3 nitrogen and oxygen atoms in total. The Bertz CT molecular complexity index is 867. The van der Waals surface area contributed by atoms with Gasteiger partial charge in [0.15, 0.2) is 11.6 Å². The Hall–Kier alpha value is -3.21. The summed E-state index contributed by atoms with van der Waals surface area (Å²) in [7, 11) is 0. The van der Waals surface area contributed by atoms with Gasteiger partial charge in [0.2, 0.25) is 0 Å². The summed E-state index contributed by atoms with van der Waals surface area (Å²) < 4.78 is 32.4. The maximum atomic E-state index is 13.8. The van der Waals surface area contributed by atoms with Crippen LogP contribution in [0.2, 0.25) is 0 Å². The highest BCUT2D eigenvalue weighted by Crippen LogP contribution is 2.20. The zero-order valence-corrected chi connectivity index (χ0v) is 13.9. The number of ether oxygens (including phenoxy) is 1. The van der Waals surface area contributed by atoms with Crippen molar-refractivity contribution in [3.63, 3.8) is 0 Å². The van der Waals surface area contributed by atoms with Crippen molar-refractivity contribution in [2.75, 3.05) is 6.61 Å². The number of carbonyl (C=O) groups is 1. The Balaban J connectivity index is 1.76. The summed E-state index contributed by atoms with van der Waals surface area (Å²) in [5.41, 5.74) is 1.15. The first-order valence-corrected chi connectivity index (χ1v) is 8.12. The minimum absolute atomic E-state index is 0.0535. The van der Waals surface area contributed by atoms with Crippen LogP contribution in [-0.2, 0) is 0 Å². The summed E-state index contributed by atoms with van der Waals surface area (Å²) in [6.45, 7) is 0.0535. The molecule has 0 radical (unpaired) electrons. The second-order valence-corrected chi connectivity index (χ2v) is 5.69. The molecule has 0 bridgehead atoms. The van der Waals surface area contributed by atoms with Crippen LogP contribution in [0.1, 0.15) is 22.0 Å². The van der Waals surface area contributed by atoms with Crippen LogP contribution in [0.25, 0.3) is 0 Å². The quantitative estimate of drug-likeness (QED) is 0.708. The molecule has 5 heteroatoms. The van der Waals surface area contributed by atoms with Crippen LogP contribution in [0, 0.1) is 11.6 Å². The first kappa shape index (κ1) is 17.6. The Morgan fingerprint density at radius 2 is 1.54 bits per heavy atom. The van der Waals surface area contributed by atoms with Gasteiger partial charge in [-0.25, -0.2) is 8.78 Å². The normalized spacial score (nSPS) is 11.6. The van der Waals surface area contributed by atoms with Crippen LogP contribution in [0.15, 0.2) is 78.9 Å². The van der Waals surface area contributed by atoms with Crippen molar-refractivity contribution in [2.24, 2.45) is 0 Å². The third kappa shape index (κ3) is 4.45. The van der Waals surface area contributed by atoms with Crippen molar-refractivity contribution in [2.45, 2.75) is 6.04 Å². The van der Waals surface area contributed by atoms with Crippen molar-refractivity contribution in [3.05, 3.63) is 102 Å².